The lowest BCUT2D eigenvalue weighted by Gasteiger charge is -2.35. The van der Waals surface area contributed by atoms with E-state index in [2.05, 4.69) is 5.32 Å². The summed E-state index contributed by atoms with van der Waals surface area (Å²) in [6.07, 6.45) is 0.300. The van der Waals surface area contributed by atoms with Crippen molar-refractivity contribution in [3.63, 3.8) is 0 Å². The van der Waals surface area contributed by atoms with Gasteiger partial charge in [-0.25, -0.2) is 14.9 Å². The highest BCUT2D eigenvalue weighted by Crippen LogP contribution is 2.17. The monoisotopic (exact) mass is 245 g/mol. The summed E-state index contributed by atoms with van der Waals surface area (Å²) in [7, 11) is 0. The minimum absolute atomic E-state index is 0.260. The first kappa shape index (κ1) is 13.6. The first-order valence-electron chi connectivity index (χ1n) is 5.10. The van der Waals surface area contributed by atoms with Crippen LogP contribution in [0.3, 0.4) is 0 Å². The van der Waals surface area contributed by atoms with E-state index in [4.69, 9.17) is 14.6 Å². The molecule has 1 heterocycles. The van der Waals surface area contributed by atoms with E-state index in [1.54, 1.807) is 13.8 Å². The second kappa shape index (κ2) is 5.26. The van der Waals surface area contributed by atoms with Gasteiger partial charge in [-0.3, -0.25) is 0 Å². The highest BCUT2D eigenvalue weighted by Gasteiger charge is 2.44. The Bertz CT molecular complexity index is 340. The highest BCUT2D eigenvalue weighted by atomic mass is 16.7. The molecule has 0 bridgehead atoms. The quantitative estimate of drug-likeness (QED) is 0.417. The van der Waals surface area contributed by atoms with Gasteiger partial charge in [0.05, 0.1) is 6.61 Å². The van der Waals surface area contributed by atoms with Crippen molar-refractivity contribution < 1.29 is 29.3 Å². The topological polar surface area (TPSA) is 105 Å². The Morgan fingerprint density at radius 1 is 1.41 bits per heavy atom. The van der Waals surface area contributed by atoms with Gasteiger partial charge in [0.15, 0.2) is 0 Å². The molecule has 0 amide bonds. The van der Waals surface area contributed by atoms with Crippen molar-refractivity contribution in [2.75, 3.05) is 6.61 Å². The molecule has 17 heavy (non-hydrogen) atoms. The number of carbonyl (C=O) groups excluding carboxylic acids is 2. The molecule has 2 unspecified atom stereocenters. The standard InChI is InChI=1S/C10H15NO6/c1-6(2)11-10(15)7(5-12)16-8(13)3-4-9(14)17-10/h3-4,6-7,11-12,15H,5H2,1-2H3/b4-3+. The SMILES string of the molecule is CC(C)NC1(O)OC(=O)/C=C/C(=O)OC1CO. The van der Waals surface area contributed by atoms with Crippen LogP contribution < -0.4 is 5.32 Å². The van der Waals surface area contributed by atoms with E-state index in [0.29, 0.717) is 0 Å². The fourth-order valence-electron chi connectivity index (χ4n) is 1.35. The molecule has 2 atom stereocenters. The van der Waals surface area contributed by atoms with Crippen molar-refractivity contribution in [3.8, 4) is 0 Å². The maximum absolute atomic E-state index is 11.2. The smallest absolute Gasteiger partial charge is 0.334 e. The molecular weight excluding hydrogens is 230 g/mol. The van der Waals surface area contributed by atoms with Crippen LogP contribution in [0.15, 0.2) is 12.2 Å². The van der Waals surface area contributed by atoms with Crippen LogP contribution in [0, 0.1) is 0 Å². The molecule has 0 aromatic carbocycles. The van der Waals surface area contributed by atoms with E-state index in [0.717, 1.165) is 12.2 Å². The molecule has 0 aromatic heterocycles. The molecule has 0 fully saturated rings. The molecule has 96 valence electrons. The van der Waals surface area contributed by atoms with Crippen LogP contribution in [0.25, 0.3) is 0 Å². The first-order valence-corrected chi connectivity index (χ1v) is 5.10. The summed E-state index contributed by atoms with van der Waals surface area (Å²) < 4.78 is 9.46. The number of ether oxygens (including phenoxy) is 2. The summed E-state index contributed by atoms with van der Waals surface area (Å²) >= 11 is 0. The van der Waals surface area contributed by atoms with E-state index < -0.39 is 30.6 Å². The van der Waals surface area contributed by atoms with Gasteiger partial charge < -0.3 is 19.7 Å². The van der Waals surface area contributed by atoms with Crippen LogP contribution in [0.1, 0.15) is 13.8 Å². The van der Waals surface area contributed by atoms with E-state index >= 15 is 0 Å². The summed E-state index contributed by atoms with van der Waals surface area (Å²) in [4.78, 5) is 22.4. The Labute approximate surface area is 98.0 Å². The summed E-state index contributed by atoms with van der Waals surface area (Å²) in [5.41, 5.74) is 0. The van der Waals surface area contributed by atoms with Gasteiger partial charge >= 0.3 is 17.8 Å². The first-order chi connectivity index (χ1) is 7.87. The maximum Gasteiger partial charge on any atom is 0.334 e. The average molecular weight is 245 g/mol. The van der Waals surface area contributed by atoms with Crippen molar-refractivity contribution >= 4 is 11.9 Å². The largest absolute Gasteiger partial charge is 0.448 e. The minimum atomic E-state index is -2.25. The van der Waals surface area contributed by atoms with Crippen molar-refractivity contribution in [1.29, 1.82) is 0 Å². The van der Waals surface area contributed by atoms with E-state index in [1.807, 2.05) is 0 Å². The lowest BCUT2D eigenvalue weighted by molar-refractivity contribution is -0.273. The number of aliphatic hydroxyl groups excluding tert-OH is 1. The fourth-order valence-corrected chi connectivity index (χ4v) is 1.35. The molecule has 0 spiro atoms. The van der Waals surface area contributed by atoms with Crippen LogP contribution >= 0.6 is 0 Å². The predicted molar refractivity (Wildman–Crippen MR) is 55.4 cm³/mol. The summed E-state index contributed by atoms with van der Waals surface area (Å²) in [5, 5.41) is 21.7. The Balaban J connectivity index is 3.00. The van der Waals surface area contributed by atoms with E-state index in [1.165, 1.54) is 0 Å². The molecule has 3 N–H and O–H groups in total. The Morgan fingerprint density at radius 2 is 2.00 bits per heavy atom. The molecular formula is C10H15NO6. The van der Waals surface area contributed by atoms with Gasteiger partial charge in [0.1, 0.15) is 0 Å². The molecule has 1 rings (SSSR count). The number of cyclic esters (lactones) is 2. The average Bonchev–Trinajstić information content (AvgIpc) is 2.20. The second-order valence-electron chi connectivity index (χ2n) is 3.86. The number of hydrogen-bond acceptors (Lipinski definition) is 7. The minimum Gasteiger partial charge on any atom is -0.448 e. The van der Waals surface area contributed by atoms with Crippen molar-refractivity contribution in [2.45, 2.75) is 31.9 Å². The maximum atomic E-state index is 11.2. The number of esters is 2. The van der Waals surface area contributed by atoms with Crippen LogP contribution in [0.4, 0.5) is 0 Å². The van der Waals surface area contributed by atoms with Crippen LogP contribution in [-0.4, -0.2) is 46.8 Å². The Morgan fingerprint density at radius 3 is 2.53 bits per heavy atom. The number of carbonyl (C=O) groups is 2. The fraction of sp³-hybridized carbons (Fsp3) is 0.600. The van der Waals surface area contributed by atoms with Gasteiger partial charge in [-0.1, -0.05) is 0 Å². The lowest BCUT2D eigenvalue weighted by Crippen LogP contribution is -2.62. The van der Waals surface area contributed by atoms with Gasteiger partial charge in [0.25, 0.3) is 0 Å². The normalized spacial score (nSPS) is 31.5. The number of hydrogen-bond donors (Lipinski definition) is 3. The molecule has 0 saturated carbocycles. The lowest BCUT2D eigenvalue weighted by atomic mass is 10.2. The molecule has 1 aliphatic rings. The van der Waals surface area contributed by atoms with E-state index in [-0.39, 0.29) is 6.04 Å². The third kappa shape index (κ3) is 3.52. The Hall–Kier alpha value is -1.44. The summed E-state index contributed by atoms with van der Waals surface area (Å²) in [6.45, 7) is 2.69. The Kier molecular flexibility index (Phi) is 4.22. The number of rotatable bonds is 3. The van der Waals surface area contributed by atoms with Gasteiger partial charge in [0, 0.05) is 18.2 Å². The van der Waals surface area contributed by atoms with Gasteiger partial charge in [-0.05, 0) is 13.8 Å². The molecule has 0 aliphatic carbocycles. The van der Waals surface area contributed by atoms with Crippen molar-refractivity contribution in [3.05, 3.63) is 12.2 Å². The molecule has 0 aromatic rings. The molecule has 0 saturated heterocycles. The van der Waals surface area contributed by atoms with E-state index in [9.17, 15) is 14.7 Å². The zero-order chi connectivity index (χ0) is 13.1. The van der Waals surface area contributed by atoms with Crippen LogP contribution in [0.5, 0.6) is 0 Å². The molecule has 7 nitrogen and oxygen atoms in total. The zero-order valence-corrected chi connectivity index (χ0v) is 9.54. The van der Waals surface area contributed by atoms with Crippen molar-refractivity contribution in [2.24, 2.45) is 0 Å². The van der Waals surface area contributed by atoms with Crippen LogP contribution in [-0.2, 0) is 19.1 Å². The second-order valence-corrected chi connectivity index (χ2v) is 3.86. The van der Waals surface area contributed by atoms with Gasteiger partial charge in [0.2, 0.25) is 6.10 Å². The zero-order valence-electron chi connectivity index (χ0n) is 9.54. The number of aliphatic hydroxyl groups is 2. The molecule has 7 heteroatoms. The van der Waals surface area contributed by atoms with Crippen molar-refractivity contribution in [1.82, 2.24) is 5.32 Å². The van der Waals surface area contributed by atoms with Gasteiger partial charge in [-0.15, -0.1) is 0 Å². The van der Waals surface area contributed by atoms with Crippen LogP contribution in [0.2, 0.25) is 0 Å². The van der Waals surface area contributed by atoms with Gasteiger partial charge in [-0.2, -0.15) is 0 Å². The predicted octanol–water partition coefficient (Wildman–Crippen LogP) is -1.35. The summed E-state index contributed by atoms with van der Waals surface area (Å²) in [6, 6.07) is -0.260. The third-order valence-corrected chi connectivity index (χ3v) is 1.97. The molecule has 0 radical (unpaired) electrons. The summed E-state index contributed by atoms with van der Waals surface area (Å²) in [5.74, 6) is -4.00. The molecule has 1 aliphatic heterocycles. The highest BCUT2D eigenvalue weighted by molar-refractivity contribution is 5.92. The third-order valence-electron chi connectivity index (χ3n) is 1.97. The number of nitrogens with one attached hydrogen (secondary N) is 1.